The fourth-order valence-electron chi connectivity index (χ4n) is 1.56. The standard InChI is InChI=1S/C13H19N3O2/c1-7(2)11(14)13(18)16-10-6-4-5-9(8(10)3)12(15)17/h4-7,11H,14H2,1-3H3,(H2,15,17)(H,16,18). The first-order valence-electron chi connectivity index (χ1n) is 5.80. The Hall–Kier alpha value is -1.88. The maximum atomic E-state index is 11.8. The Morgan fingerprint density at radius 2 is 1.89 bits per heavy atom. The van der Waals surface area contributed by atoms with Gasteiger partial charge in [0.2, 0.25) is 11.8 Å². The molecule has 1 aromatic carbocycles. The summed E-state index contributed by atoms with van der Waals surface area (Å²) >= 11 is 0. The van der Waals surface area contributed by atoms with E-state index in [1.54, 1.807) is 25.1 Å². The van der Waals surface area contributed by atoms with E-state index in [1.165, 1.54) is 0 Å². The zero-order chi connectivity index (χ0) is 13.9. The van der Waals surface area contributed by atoms with E-state index in [4.69, 9.17) is 11.5 Å². The van der Waals surface area contributed by atoms with Gasteiger partial charge in [0.15, 0.2) is 0 Å². The fourth-order valence-corrected chi connectivity index (χ4v) is 1.56. The number of rotatable bonds is 4. The Balaban J connectivity index is 2.96. The topological polar surface area (TPSA) is 98.2 Å². The third-order valence-electron chi connectivity index (χ3n) is 2.88. The molecule has 1 rings (SSSR count). The van der Waals surface area contributed by atoms with E-state index in [9.17, 15) is 9.59 Å². The van der Waals surface area contributed by atoms with Gasteiger partial charge in [-0.15, -0.1) is 0 Å². The molecule has 2 amide bonds. The lowest BCUT2D eigenvalue weighted by molar-refractivity contribution is -0.118. The first-order chi connectivity index (χ1) is 8.34. The lowest BCUT2D eigenvalue weighted by atomic mass is 10.0. The van der Waals surface area contributed by atoms with Gasteiger partial charge in [0.25, 0.3) is 0 Å². The van der Waals surface area contributed by atoms with Gasteiger partial charge in [-0.3, -0.25) is 9.59 Å². The molecular formula is C13H19N3O2. The van der Waals surface area contributed by atoms with Gasteiger partial charge >= 0.3 is 0 Å². The Morgan fingerprint density at radius 3 is 2.39 bits per heavy atom. The van der Waals surface area contributed by atoms with Crippen molar-refractivity contribution < 1.29 is 9.59 Å². The zero-order valence-electron chi connectivity index (χ0n) is 10.9. The zero-order valence-corrected chi connectivity index (χ0v) is 10.9. The quantitative estimate of drug-likeness (QED) is 0.742. The van der Waals surface area contributed by atoms with Gasteiger partial charge in [0.1, 0.15) is 0 Å². The van der Waals surface area contributed by atoms with Crippen LogP contribution in [0, 0.1) is 12.8 Å². The minimum atomic E-state index is -0.582. The average molecular weight is 249 g/mol. The van der Waals surface area contributed by atoms with E-state index < -0.39 is 11.9 Å². The van der Waals surface area contributed by atoms with Crippen molar-refractivity contribution >= 4 is 17.5 Å². The molecule has 0 spiro atoms. The Bertz CT molecular complexity index is 469. The van der Waals surface area contributed by atoms with E-state index in [1.807, 2.05) is 13.8 Å². The molecule has 0 fully saturated rings. The minimum Gasteiger partial charge on any atom is -0.366 e. The van der Waals surface area contributed by atoms with Gasteiger partial charge in [-0.25, -0.2) is 0 Å². The van der Waals surface area contributed by atoms with Gasteiger partial charge in [0, 0.05) is 11.3 Å². The monoisotopic (exact) mass is 249 g/mol. The molecule has 0 aliphatic rings. The van der Waals surface area contributed by atoms with Crippen molar-refractivity contribution in [2.75, 3.05) is 5.32 Å². The third kappa shape index (κ3) is 3.07. The molecule has 1 unspecified atom stereocenters. The Morgan fingerprint density at radius 1 is 1.28 bits per heavy atom. The van der Waals surface area contributed by atoms with Crippen molar-refractivity contribution in [2.45, 2.75) is 26.8 Å². The second kappa shape index (κ2) is 5.64. The van der Waals surface area contributed by atoms with Crippen LogP contribution in [0.15, 0.2) is 18.2 Å². The van der Waals surface area contributed by atoms with Crippen LogP contribution in [-0.2, 0) is 4.79 Å². The number of primary amides is 1. The van der Waals surface area contributed by atoms with Crippen molar-refractivity contribution in [3.63, 3.8) is 0 Å². The molecule has 0 saturated heterocycles. The van der Waals surface area contributed by atoms with Crippen LogP contribution < -0.4 is 16.8 Å². The molecule has 5 heteroatoms. The fraction of sp³-hybridized carbons (Fsp3) is 0.385. The van der Waals surface area contributed by atoms with Gasteiger partial charge in [0.05, 0.1) is 6.04 Å². The molecule has 1 atom stereocenters. The van der Waals surface area contributed by atoms with Crippen LogP contribution in [0.25, 0.3) is 0 Å². The molecule has 0 saturated carbocycles. The number of hydrogen-bond donors (Lipinski definition) is 3. The molecule has 0 aromatic heterocycles. The molecule has 1 aromatic rings. The molecule has 18 heavy (non-hydrogen) atoms. The van der Waals surface area contributed by atoms with E-state index in [-0.39, 0.29) is 11.8 Å². The summed E-state index contributed by atoms with van der Waals surface area (Å²) in [4.78, 5) is 23.0. The largest absolute Gasteiger partial charge is 0.366 e. The summed E-state index contributed by atoms with van der Waals surface area (Å²) in [6, 6.07) is 4.42. The summed E-state index contributed by atoms with van der Waals surface area (Å²) in [5, 5.41) is 2.71. The second-order valence-corrected chi connectivity index (χ2v) is 4.60. The lowest BCUT2D eigenvalue weighted by Gasteiger charge is -2.17. The van der Waals surface area contributed by atoms with E-state index in [0.717, 1.165) is 0 Å². The van der Waals surface area contributed by atoms with Gasteiger partial charge in [-0.1, -0.05) is 19.9 Å². The highest BCUT2D eigenvalue weighted by Crippen LogP contribution is 2.19. The molecule has 5 N–H and O–H groups in total. The molecule has 0 radical (unpaired) electrons. The molecule has 0 aliphatic heterocycles. The first kappa shape index (κ1) is 14.2. The van der Waals surface area contributed by atoms with Crippen molar-refractivity contribution in [1.29, 1.82) is 0 Å². The summed E-state index contributed by atoms with van der Waals surface area (Å²) < 4.78 is 0. The van der Waals surface area contributed by atoms with Crippen LogP contribution in [0.4, 0.5) is 5.69 Å². The number of carbonyl (C=O) groups is 2. The molecule has 0 bridgehead atoms. The predicted octanol–water partition coefficient (Wildman–Crippen LogP) is 1.02. The normalized spacial score (nSPS) is 12.3. The summed E-state index contributed by atoms with van der Waals surface area (Å²) in [5.41, 5.74) is 12.6. The van der Waals surface area contributed by atoms with Crippen LogP contribution in [-0.4, -0.2) is 17.9 Å². The molecule has 0 aliphatic carbocycles. The second-order valence-electron chi connectivity index (χ2n) is 4.60. The third-order valence-corrected chi connectivity index (χ3v) is 2.88. The number of carbonyl (C=O) groups excluding carboxylic acids is 2. The smallest absolute Gasteiger partial charge is 0.249 e. The number of hydrogen-bond acceptors (Lipinski definition) is 3. The van der Waals surface area contributed by atoms with Crippen LogP contribution in [0.2, 0.25) is 0 Å². The van der Waals surface area contributed by atoms with Gasteiger partial charge in [-0.2, -0.15) is 0 Å². The Labute approximate surface area is 107 Å². The molecule has 5 nitrogen and oxygen atoms in total. The molecular weight excluding hydrogens is 230 g/mol. The van der Waals surface area contributed by atoms with Crippen LogP contribution >= 0.6 is 0 Å². The highest BCUT2D eigenvalue weighted by molar-refractivity contribution is 5.99. The summed E-state index contributed by atoms with van der Waals surface area (Å²) in [6.45, 7) is 5.48. The number of amides is 2. The van der Waals surface area contributed by atoms with Crippen LogP contribution in [0.3, 0.4) is 0 Å². The number of anilines is 1. The van der Waals surface area contributed by atoms with E-state index in [2.05, 4.69) is 5.32 Å². The SMILES string of the molecule is Cc1c(NC(=O)C(N)C(C)C)cccc1C(N)=O. The van der Waals surface area contributed by atoms with E-state index >= 15 is 0 Å². The lowest BCUT2D eigenvalue weighted by Crippen LogP contribution is -2.40. The highest BCUT2D eigenvalue weighted by Gasteiger charge is 2.18. The Kier molecular flexibility index (Phi) is 4.44. The minimum absolute atomic E-state index is 0.0460. The maximum absolute atomic E-state index is 11.8. The number of nitrogens with two attached hydrogens (primary N) is 2. The number of benzene rings is 1. The summed E-state index contributed by atoms with van der Waals surface area (Å²) in [5.74, 6) is -0.740. The molecule has 98 valence electrons. The van der Waals surface area contributed by atoms with Gasteiger partial charge < -0.3 is 16.8 Å². The molecule has 0 heterocycles. The van der Waals surface area contributed by atoms with Crippen LogP contribution in [0.5, 0.6) is 0 Å². The summed E-state index contributed by atoms with van der Waals surface area (Å²) in [6.07, 6.45) is 0. The van der Waals surface area contributed by atoms with Crippen LogP contribution in [0.1, 0.15) is 29.8 Å². The summed E-state index contributed by atoms with van der Waals surface area (Å²) in [7, 11) is 0. The van der Waals surface area contributed by atoms with Crippen molar-refractivity contribution in [2.24, 2.45) is 17.4 Å². The average Bonchev–Trinajstić information content (AvgIpc) is 2.30. The first-order valence-corrected chi connectivity index (χ1v) is 5.80. The predicted molar refractivity (Wildman–Crippen MR) is 71.1 cm³/mol. The highest BCUT2D eigenvalue weighted by atomic mass is 16.2. The van der Waals surface area contributed by atoms with Crippen molar-refractivity contribution in [3.8, 4) is 0 Å². The van der Waals surface area contributed by atoms with Crippen molar-refractivity contribution in [3.05, 3.63) is 29.3 Å². The van der Waals surface area contributed by atoms with Crippen molar-refractivity contribution in [1.82, 2.24) is 0 Å². The van der Waals surface area contributed by atoms with E-state index in [0.29, 0.717) is 16.8 Å². The number of nitrogens with one attached hydrogen (secondary N) is 1. The maximum Gasteiger partial charge on any atom is 0.249 e. The van der Waals surface area contributed by atoms with Gasteiger partial charge in [-0.05, 0) is 30.5 Å².